The van der Waals surface area contributed by atoms with Gasteiger partial charge in [0, 0.05) is 19.3 Å². The van der Waals surface area contributed by atoms with Crippen LogP contribution in [0.2, 0.25) is 0 Å². The number of rotatable bonds is 3. The van der Waals surface area contributed by atoms with Crippen molar-refractivity contribution in [1.82, 2.24) is 9.97 Å². The molecule has 1 fully saturated rings. The maximum absolute atomic E-state index is 12.4. The fourth-order valence-corrected chi connectivity index (χ4v) is 1.61. The highest BCUT2D eigenvalue weighted by atomic mass is 19.4. The summed E-state index contributed by atoms with van der Waals surface area (Å²) < 4.78 is 42.4. The van der Waals surface area contributed by atoms with Crippen molar-refractivity contribution < 1.29 is 17.9 Å². The Labute approximate surface area is 96.2 Å². The Morgan fingerprint density at radius 3 is 2.94 bits per heavy atom. The molecule has 1 aliphatic heterocycles. The highest BCUT2D eigenvalue weighted by Gasteiger charge is 2.32. The van der Waals surface area contributed by atoms with E-state index in [1.807, 2.05) is 0 Å². The zero-order valence-electron chi connectivity index (χ0n) is 9.00. The lowest BCUT2D eigenvalue weighted by atomic mass is 10.2. The molecule has 1 saturated heterocycles. The topological polar surface area (TPSA) is 47.0 Å². The van der Waals surface area contributed by atoms with Crippen LogP contribution in [0.25, 0.3) is 0 Å². The van der Waals surface area contributed by atoms with Crippen molar-refractivity contribution >= 4 is 5.95 Å². The van der Waals surface area contributed by atoms with E-state index in [0.29, 0.717) is 13.2 Å². The van der Waals surface area contributed by atoms with Gasteiger partial charge < -0.3 is 10.1 Å². The molecule has 2 rings (SSSR count). The number of hydrogen-bond acceptors (Lipinski definition) is 4. The number of ether oxygens (including phenoxy) is 1. The molecule has 1 aliphatic rings. The minimum Gasteiger partial charge on any atom is -0.376 e. The van der Waals surface area contributed by atoms with Gasteiger partial charge in [-0.25, -0.2) is 9.97 Å². The maximum atomic E-state index is 12.4. The van der Waals surface area contributed by atoms with Crippen LogP contribution in [0, 0.1) is 0 Å². The van der Waals surface area contributed by atoms with Crippen molar-refractivity contribution in [3.8, 4) is 0 Å². The molecule has 0 amide bonds. The highest BCUT2D eigenvalue weighted by molar-refractivity contribution is 5.26. The number of aromatic nitrogens is 2. The van der Waals surface area contributed by atoms with Crippen LogP contribution >= 0.6 is 0 Å². The Morgan fingerprint density at radius 2 is 2.29 bits per heavy atom. The highest BCUT2D eigenvalue weighted by Crippen LogP contribution is 2.27. The molecule has 0 saturated carbocycles. The first-order valence-corrected chi connectivity index (χ1v) is 5.31. The number of hydrogen-bond donors (Lipinski definition) is 1. The molecule has 0 aliphatic carbocycles. The molecule has 7 heteroatoms. The van der Waals surface area contributed by atoms with Crippen LogP contribution < -0.4 is 5.32 Å². The molecule has 1 aromatic rings. The van der Waals surface area contributed by atoms with Gasteiger partial charge in [-0.05, 0) is 18.9 Å². The number of anilines is 1. The van der Waals surface area contributed by atoms with E-state index < -0.39 is 11.9 Å². The number of nitrogens with zero attached hydrogens (tertiary/aromatic N) is 2. The smallest absolute Gasteiger partial charge is 0.376 e. The van der Waals surface area contributed by atoms with E-state index in [4.69, 9.17) is 4.74 Å². The van der Waals surface area contributed by atoms with E-state index >= 15 is 0 Å². The second-order valence-electron chi connectivity index (χ2n) is 3.78. The molecule has 4 nitrogen and oxygen atoms in total. The van der Waals surface area contributed by atoms with Gasteiger partial charge in [-0.1, -0.05) is 0 Å². The van der Waals surface area contributed by atoms with Crippen LogP contribution in [-0.2, 0) is 10.9 Å². The van der Waals surface area contributed by atoms with Crippen LogP contribution in [0.4, 0.5) is 19.1 Å². The lowest BCUT2D eigenvalue weighted by molar-refractivity contribution is -0.141. The fraction of sp³-hybridized carbons (Fsp3) is 0.600. The summed E-state index contributed by atoms with van der Waals surface area (Å²) in [5, 5.41) is 2.75. The van der Waals surface area contributed by atoms with Crippen molar-refractivity contribution in [2.24, 2.45) is 0 Å². The molecule has 1 aromatic heterocycles. The van der Waals surface area contributed by atoms with Crippen LogP contribution in [0.15, 0.2) is 12.3 Å². The molecule has 0 spiro atoms. The van der Waals surface area contributed by atoms with E-state index in [-0.39, 0.29) is 12.1 Å². The maximum Gasteiger partial charge on any atom is 0.433 e. The van der Waals surface area contributed by atoms with Crippen LogP contribution in [0.3, 0.4) is 0 Å². The monoisotopic (exact) mass is 247 g/mol. The van der Waals surface area contributed by atoms with E-state index in [1.54, 1.807) is 0 Å². The van der Waals surface area contributed by atoms with Gasteiger partial charge in [0.15, 0.2) is 0 Å². The third kappa shape index (κ3) is 3.29. The van der Waals surface area contributed by atoms with Crippen LogP contribution in [-0.4, -0.2) is 29.2 Å². The summed E-state index contributed by atoms with van der Waals surface area (Å²) in [6, 6.07) is 0.844. The largest absolute Gasteiger partial charge is 0.433 e. The molecule has 17 heavy (non-hydrogen) atoms. The van der Waals surface area contributed by atoms with E-state index in [0.717, 1.165) is 25.1 Å². The van der Waals surface area contributed by atoms with Crippen LogP contribution in [0.5, 0.6) is 0 Å². The zero-order valence-corrected chi connectivity index (χ0v) is 9.00. The molecule has 0 bridgehead atoms. The lowest BCUT2D eigenvalue weighted by Gasteiger charge is -2.11. The van der Waals surface area contributed by atoms with Crippen molar-refractivity contribution in [2.45, 2.75) is 25.1 Å². The predicted molar refractivity (Wildman–Crippen MR) is 54.5 cm³/mol. The molecule has 2 heterocycles. The van der Waals surface area contributed by atoms with Crippen molar-refractivity contribution in [2.75, 3.05) is 18.5 Å². The molecule has 0 radical (unpaired) electrons. The Morgan fingerprint density at radius 1 is 1.47 bits per heavy atom. The first-order chi connectivity index (χ1) is 8.05. The first-order valence-electron chi connectivity index (χ1n) is 5.31. The number of halogens is 3. The second kappa shape index (κ2) is 4.87. The summed E-state index contributed by atoms with van der Waals surface area (Å²) in [6.45, 7) is 1.14. The summed E-state index contributed by atoms with van der Waals surface area (Å²) in [7, 11) is 0. The van der Waals surface area contributed by atoms with Gasteiger partial charge in [0.1, 0.15) is 5.69 Å². The van der Waals surface area contributed by atoms with Gasteiger partial charge in [-0.3, -0.25) is 0 Å². The van der Waals surface area contributed by atoms with Crippen molar-refractivity contribution in [1.29, 1.82) is 0 Å². The van der Waals surface area contributed by atoms with E-state index in [1.165, 1.54) is 0 Å². The minimum atomic E-state index is -4.44. The van der Waals surface area contributed by atoms with Gasteiger partial charge in [-0.2, -0.15) is 13.2 Å². The average molecular weight is 247 g/mol. The summed E-state index contributed by atoms with van der Waals surface area (Å²) in [6.07, 6.45) is -1.42. The van der Waals surface area contributed by atoms with E-state index in [9.17, 15) is 13.2 Å². The van der Waals surface area contributed by atoms with Crippen LogP contribution in [0.1, 0.15) is 18.5 Å². The molecular formula is C10H12F3N3O. The second-order valence-corrected chi connectivity index (χ2v) is 3.78. The van der Waals surface area contributed by atoms with Gasteiger partial charge in [0.2, 0.25) is 5.95 Å². The molecular weight excluding hydrogens is 235 g/mol. The summed E-state index contributed by atoms with van der Waals surface area (Å²) >= 11 is 0. The van der Waals surface area contributed by atoms with Crippen molar-refractivity contribution in [3.05, 3.63) is 18.0 Å². The zero-order chi connectivity index (χ0) is 12.3. The Bertz CT molecular complexity index is 377. The van der Waals surface area contributed by atoms with Gasteiger partial charge >= 0.3 is 6.18 Å². The number of nitrogens with one attached hydrogen (secondary N) is 1. The Kier molecular flexibility index (Phi) is 3.46. The predicted octanol–water partition coefficient (Wildman–Crippen LogP) is 2.09. The van der Waals surface area contributed by atoms with Crippen molar-refractivity contribution in [3.63, 3.8) is 0 Å². The summed E-state index contributed by atoms with van der Waals surface area (Å²) in [5.74, 6) is -0.0182. The quantitative estimate of drug-likeness (QED) is 0.888. The molecule has 0 unspecified atom stereocenters. The Balaban J connectivity index is 1.96. The van der Waals surface area contributed by atoms with E-state index in [2.05, 4.69) is 15.3 Å². The summed E-state index contributed by atoms with van der Waals surface area (Å²) in [4.78, 5) is 7.14. The van der Waals surface area contributed by atoms with Gasteiger partial charge in [0.05, 0.1) is 6.10 Å². The third-order valence-corrected chi connectivity index (χ3v) is 2.46. The molecule has 94 valence electrons. The fourth-order valence-electron chi connectivity index (χ4n) is 1.61. The Hall–Kier alpha value is -1.37. The molecule has 1 atom stereocenters. The third-order valence-electron chi connectivity index (χ3n) is 2.46. The van der Waals surface area contributed by atoms with Gasteiger partial charge in [-0.15, -0.1) is 0 Å². The molecule has 0 aromatic carbocycles. The summed E-state index contributed by atoms with van der Waals surface area (Å²) in [5.41, 5.74) is -0.942. The van der Waals surface area contributed by atoms with Gasteiger partial charge in [0.25, 0.3) is 0 Å². The first kappa shape index (κ1) is 12.1. The lowest BCUT2D eigenvalue weighted by Crippen LogP contribution is -2.20. The normalized spacial score (nSPS) is 20.5. The standard InChI is InChI=1S/C10H12F3N3O/c11-10(12,13)8-3-4-14-9(16-8)15-6-7-2-1-5-17-7/h3-4,7H,1-2,5-6H2,(H,14,15,16)/t7-/m1/s1. The number of alkyl halides is 3. The SMILES string of the molecule is FC(F)(F)c1ccnc(NC[C@H]2CCCO2)n1. The minimum absolute atomic E-state index is 0.0182. The average Bonchev–Trinajstić information content (AvgIpc) is 2.78. The molecule has 1 N–H and O–H groups in total.